The molecule has 3 heterocycles. The Morgan fingerprint density at radius 2 is 1.94 bits per heavy atom. The Kier molecular flexibility index (Phi) is 7.41. The van der Waals surface area contributed by atoms with Crippen molar-refractivity contribution in [1.82, 2.24) is 25.1 Å². The molecular formula is C20H32F3N7O3S. The fourth-order valence-electron chi connectivity index (χ4n) is 4.60. The smallest absolute Gasteiger partial charge is 0.375 e. The van der Waals surface area contributed by atoms with Gasteiger partial charge in [-0.25, -0.2) is 18.1 Å². The van der Waals surface area contributed by atoms with Crippen molar-refractivity contribution in [2.75, 3.05) is 37.4 Å². The standard InChI is InChI=1S/C20H32F3N7O3S/c1-13-11-30(8-9-33-13)18-16-12-29(2)19(25-17(16)26-27-18)24-14-3-5-15(6-4-14)28-34(31,32)10-7-20(21,22)23/h12-15,19,24,28H,3-11H2,1-2H3,(H,25,26)/t13-,14?,15?,19+/m0/s1. The highest BCUT2D eigenvalue weighted by Crippen LogP contribution is 2.23. The van der Waals surface area contributed by atoms with E-state index in [-0.39, 0.29) is 24.5 Å². The number of nitrogens with one attached hydrogen (secondary N) is 3. The number of ether oxygens (including phenoxy) is 1. The molecule has 4 rings (SSSR count). The van der Waals surface area contributed by atoms with Crippen LogP contribution in [0.3, 0.4) is 0 Å². The Morgan fingerprint density at radius 3 is 2.62 bits per heavy atom. The number of hydrogen-bond acceptors (Lipinski definition) is 8. The van der Waals surface area contributed by atoms with Crippen molar-refractivity contribution in [3.05, 3.63) is 10.7 Å². The number of nitrogens with zero attached hydrogens (tertiary/aromatic N) is 4. The van der Waals surface area contributed by atoms with Crippen LogP contribution in [-0.2, 0) is 14.8 Å². The second kappa shape index (κ2) is 9.99. The van der Waals surface area contributed by atoms with E-state index in [1.165, 1.54) is 0 Å². The second-order valence-electron chi connectivity index (χ2n) is 9.25. The van der Waals surface area contributed by atoms with Gasteiger partial charge in [0, 0.05) is 38.4 Å². The number of fused-ring (bicyclic) bond motifs is 1. The molecule has 1 saturated carbocycles. The number of alkyl halides is 3. The molecule has 14 heteroatoms. The predicted octanol–water partition coefficient (Wildman–Crippen LogP) is -0.00600. The highest BCUT2D eigenvalue weighted by Gasteiger charge is 2.32. The minimum atomic E-state index is -4.49. The van der Waals surface area contributed by atoms with Crippen LogP contribution in [0.5, 0.6) is 0 Å². The first-order valence-electron chi connectivity index (χ1n) is 11.5. The van der Waals surface area contributed by atoms with Crippen molar-refractivity contribution in [3.63, 3.8) is 0 Å². The zero-order chi connectivity index (χ0) is 24.5. The van der Waals surface area contributed by atoms with Crippen molar-refractivity contribution < 1.29 is 26.3 Å². The molecule has 2 aliphatic heterocycles. The number of rotatable bonds is 7. The van der Waals surface area contributed by atoms with Crippen LogP contribution in [0.2, 0.25) is 0 Å². The lowest BCUT2D eigenvalue weighted by Crippen LogP contribution is -2.53. The maximum atomic E-state index is 12.3. The van der Waals surface area contributed by atoms with E-state index in [2.05, 4.69) is 25.1 Å². The van der Waals surface area contributed by atoms with E-state index in [9.17, 15) is 21.6 Å². The van der Waals surface area contributed by atoms with E-state index in [0.29, 0.717) is 37.8 Å². The summed E-state index contributed by atoms with van der Waals surface area (Å²) in [6, 6.07) is -0.230. The van der Waals surface area contributed by atoms with Gasteiger partial charge in [-0.15, -0.1) is 0 Å². The van der Waals surface area contributed by atoms with Crippen LogP contribution in [0.4, 0.5) is 19.0 Å². The van der Waals surface area contributed by atoms with Gasteiger partial charge in [0.05, 0.1) is 30.1 Å². The maximum absolute atomic E-state index is 12.3. The maximum Gasteiger partial charge on any atom is 0.390 e. The third kappa shape index (κ3) is 6.40. The van der Waals surface area contributed by atoms with E-state index < -0.39 is 28.4 Å². The van der Waals surface area contributed by atoms with Crippen LogP contribution in [0.25, 0.3) is 6.20 Å². The zero-order valence-electron chi connectivity index (χ0n) is 19.3. The molecule has 0 amide bonds. The molecule has 0 spiro atoms. The zero-order valence-corrected chi connectivity index (χ0v) is 20.1. The molecule has 0 radical (unpaired) electrons. The Labute approximate surface area is 196 Å². The van der Waals surface area contributed by atoms with Crippen LogP contribution in [0.15, 0.2) is 4.99 Å². The van der Waals surface area contributed by atoms with Gasteiger partial charge >= 0.3 is 6.18 Å². The van der Waals surface area contributed by atoms with Gasteiger partial charge in [-0.1, -0.05) is 0 Å². The number of halogens is 3. The van der Waals surface area contributed by atoms with Crippen LogP contribution < -0.4 is 25.6 Å². The largest absolute Gasteiger partial charge is 0.390 e. The Morgan fingerprint density at radius 1 is 1.24 bits per heavy atom. The fourth-order valence-corrected chi connectivity index (χ4v) is 5.96. The number of H-pyrrole nitrogens is 1. The van der Waals surface area contributed by atoms with Crippen LogP contribution in [0, 0.1) is 0 Å². The molecule has 2 atom stereocenters. The van der Waals surface area contributed by atoms with Crippen LogP contribution >= 0.6 is 0 Å². The van der Waals surface area contributed by atoms with Crippen molar-refractivity contribution >= 4 is 22.0 Å². The first-order chi connectivity index (χ1) is 16.0. The number of aromatic amines is 1. The predicted molar refractivity (Wildman–Crippen MR) is 120 cm³/mol. The summed E-state index contributed by atoms with van der Waals surface area (Å²) < 4.78 is 69.0. The minimum Gasteiger partial charge on any atom is -0.375 e. The third-order valence-corrected chi connectivity index (χ3v) is 7.82. The molecule has 0 aromatic carbocycles. The molecule has 34 heavy (non-hydrogen) atoms. The Hall–Kier alpha value is -1.90. The summed E-state index contributed by atoms with van der Waals surface area (Å²) in [4.78, 5) is 8.94. The first-order valence-corrected chi connectivity index (χ1v) is 13.2. The van der Waals surface area contributed by atoms with Gasteiger partial charge in [0.2, 0.25) is 10.0 Å². The summed E-state index contributed by atoms with van der Waals surface area (Å²) in [6.07, 6.45) is -1.48. The number of sulfonamides is 1. The lowest BCUT2D eigenvalue weighted by Gasteiger charge is -2.35. The Balaban J connectivity index is 1.32. The van der Waals surface area contributed by atoms with Crippen LogP contribution in [-0.4, -0.2) is 86.7 Å². The van der Waals surface area contributed by atoms with Crippen molar-refractivity contribution in [2.45, 2.75) is 69.7 Å². The lowest BCUT2D eigenvalue weighted by molar-refractivity contribution is -0.130. The van der Waals surface area contributed by atoms with Crippen molar-refractivity contribution in [1.29, 1.82) is 0 Å². The van der Waals surface area contributed by atoms with E-state index >= 15 is 0 Å². The highest BCUT2D eigenvalue weighted by molar-refractivity contribution is 7.89. The number of anilines is 1. The summed E-state index contributed by atoms with van der Waals surface area (Å²) in [5, 5.41) is 11.9. The van der Waals surface area contributed by atoms with Gasteiger partial charge in [0.1, 0.15) is 0 Å². The average molecular weight is 508 g/mol. The average Bonchev–Trinajstić information content (AvgIpc) is 3.16. The van der Waals surface area contributed by atoms with Gasteiger partial charge in [-0.2, -0.15) is 18.3 Å². The number of aromatic nitrogens is 2. The summed E-state index contributed by atoms with van der Waals surface area (Å²) in [5.74, 6) is -0.0776. The number of morpholine rings is 1. The molecule has 2 fully saturated rings. The first kappa shape index (κ1) is 25.2. The SMILES string of the molecule is C[C@H]1CN(c2n[nH]c3c2=CN(C)[C@H](NC2CCC(NS(=O)(=O)CCC(F)(F)F)CC2)N=3)CCO1. The summed E-state index contributed by atoms with van der Waals surface area (Å²) in [6.45, 7) is 4.22. The lowest BCUT2D eigenvalue weighted by atomic mass is 9.92. The van der Waals surface area contributed by atoms with Gasteiger partial charge in [0.15, 0.2) is 17.6 Å². The summed E-state index contributed by atoms with van der Waals surface area (Å²) in [5.41, 5.74) is 0.704. The van der Waals surface area contributed by atoms with Crippen molar-refractivity contribution in [3.8, 4) is 0 Å². The van der Waals surface area contributed by atoms with E-state index in [4.69, 9.17) is 9.73 Å². The molecule has 0 unspecified atom stereocenters. The van der Waals surface area contributed by atoms with Gasteiger partial charge in [-0.3, -0.25) is 10.4 Å². The molecule has 192 valence electrons. The molecule has 1 aromatic rings. The molecule has 1 saturated heterocycles. The Bertz CT molecular complexity index is 1070. The second-order valence-corrected chi connectivity index (χ2v) is 11.1. The van der Waals surface area contributed by atoms with E-state index in [1.807, 2.05) is 25.1 Å². The van der Waals surface area contributed by atoms with Crippen molar-refractivity contribution in [2.24, 2.45) is 4.99 Å². The molecule has 1 aliphatic carbocycles. The highest BCUT2D eigenvalue weighted by atomic mass is 32.2. The topological polar surface area (TPSA) is 115 Å². The third-order valence-electron chi connectivity index (χ3n) is 6.39. The minimum absolute atomic E-state index is 0.115. The molecular weight excluding hydrogens is 475 g/mol. The monoisotopic (exact) mass is 507 g/mol. The fraction of sp³-hybridized carbons (Fsp3) is 0.800. The van der Waals surface area contributed by atoms with E-state index in [1.54, 1.807) is 0 Å². The summed E-state index contributed by atoms with van der Waals surface area (Å²) in [7, 11) is -2.02. The summed E-state index contributed by atoms with van der Waals surface area (Å²) >= 11 is 0. The molecule has 10 nitrogen and oxygen atoms in total. The number of hydrogen-bond donors (Lipinski definition) is 3. The van der Waals surface area contributed by atoms with E-state index in [0.717, 1.165) is 24.1 Å². The van der Waals surface area contributed by atoms with Crippen LogP contribution in [0.1, 0.15) is 39.0 Å². The van der Waals surface area contributed by atoms with Gasteiger partial charge in [0.25, 0.3) is 0 Å². The molecule has 1 aromatic heterocycles. The normalized spacial score (nSPS) is 28.3. The molecule has 3 aliphatic rings. The van der Waals surface area contributed by atoms with Gasteiger partial charge in [-0.05, 0) is 32.6 Å². The molecule has 0 bridgehead atoms. The molecule has 3 N–H and O–H groups in total. The quantitative estimate of drug-likeness (QED) is 0.476. The van der Waals surface area contributed by atoms with Gasteiger partial charge < -0.3 is 14.5 Å².